The minimum atomic E-state index is -0.931. The highest BCUT2D eigenvalue weighted by molar-refractivity contribution is 5.89. The minimum Gasteiger partial charge on any atom is -0.480 e. The lowest BCUT2D eigenvalue weighted by atomic mass is 10.1. The molecule has 0 radical (unpaired) electrons. The van der Waals surface area contributed by atoms with E-state index in [0.717, 1.165) is 25.7 Å². The largest absolute Gasteiger partial charge is 0.480 e. The van der Waals surface area contributed by atoms with Crippen molar-refractivity contribution in [2.75, 3.05) is 0 Å². The molecule has 0 aromatic carbocycles. The topological polar surface area (TPSA) is 66.4 Å². The third kappa shape index (κ3) is 9.09. The zero-order valence-corrected chi connectivity index (χ0v) is 15.3. The lowest BCUT2D eigenvalue weighted by Gasteiger charge is -2.12. The number of carboxylic acid groups (broad SMARTS) is 1. The molecule has 0 unspecified atom stereocenters. The maximum Gasteiger partial charge on any atom is 0.329 e. The number of carbonyl (C=O) groups excluding carboxylic acids is 1. The van der Waals surface area contributed by atoms with Crippen LogP contribution < -0.4 is 5.32 Å². The fourth-order valence-electron chi connectivity index (χ4n) is 2.85. The Labute approximate surface area is 147 Å². The van der Waals surface area contributed by atoms with Gasteiger partial charge in [0.2, 0.25) is 5.91 Å². The van der Waals surface area contributed by atoms with Gasteiger partial charge in [-0.05, 0) is 44.9 Å². The highest BCUT2D eigenvalue weighted by Gasteiger charge is 2.51. The molecule has 0 aliphatic heterocycles. The Morgan fingerprint density at radius 3 is 2.00 bits per heavy atom. The van der Waals surface area contributed by atoms with E-state index in [9.17, 15) is 9.59 Å². The molecule has 0 saturated heterocycles. The second kappa shape index (κ2) is 12.1. The molecule has 138 valence electrons. The summed E-state index contributed by atoms with van der Waals surface area (Å²) in [5.74, 6) is -1.00. The molecule has 4 heteroatoms. The summed E-state index contributed by atoms with van der Waals surface area (Å²) in [4.78, 5) is 22.7. The molecule has 1 aliphatic carbocycles. The fourth-order valence-corrected chi connectivity index (χ4v) is 2.85. The molecule has 0 aromatic rings. The Morgan fingerprint density at radius 2 is 1.46 bits per heavy atom. The van der Waals surface area contributed by atoms with E-state index in [1.54, 1.807) is 0 Å². The predicted molar refractivity (Wildman–Crippen MR) is 98.0 cm³/mol. The molecule has 0 atom stereocenters. The number of nitrogens with one attached hydrogen (secondary N) is 1. The number of hydrogen-bond donors (Lipinski definition) is 2. The van der Waals surface area contributed by atoms with E-state index in [1.165, 1.54) is 44.9 Å². The number of unbranched alkanes of at least 4 members (excludes halogenated alkanes) is 9. The Morgan fingerprint density at radius 1 is 0.917 bits per heavy atom. The third-order valence-electron chi connectivity index (χ3n) is 4.70. The second-order valence-corrected chi connectivity index (χ2v) is 7.06. The van der Waals surface area contributed by atoms with Gasteiger partial charge in [-0.15, -0.1) is 0 Å². The number of carboxylic acids is 1. The molecule has 4 nitrogen and oxygen atoms in total. The van der Waals surface area contributed by atoms with Crippen LogP contribution in [-0.2, 0) is 9.59 Å². The van der Waals surface area contributed by atoms with Crippen LogP contribution in [0.2, 0.25) is 0 Å². The summed E-state index contributed by atoms with van der Waals surface area (Å²) in [6, 6.07) is 0. The van der Waals surface area contributed by atoms with Crippen molar-refractivity contribution in [1.29, 1.82) is 0 Å². The Balaban J connectivity index is 1.86. The first-order valence-corrected chi connectivity index (χ1v) is 9.80. The van der Waals surface area contributed by atoms with Crippen LogP contribution in [0.1, 0.15) is 96.8 Å². The molecule has 1 saturated carbocycles. The number of aliphatic carboxylic acids is 1. The number of amides is 1. The molecule has 2 N–H and O–H groups in total. The molecule has 0 aromatic heterocycles. The summed E-state index contributed by atoms with van der Waals surface area (Å²) in [7, 11) is 0. The summed E-state index contributed by atoms with van der Waals surface area (Å²) in [5, 5.41) is 11.7. The van der Waals surface area contributed by atoms with Gasteiger partial charge in [0.25, 0.3) is 0 Å². The molecule has 1 amide bonds. The van der Waals surface area contributed by atoms with E-state index in [4.69, 9.17) is 5.11 Å². The third-order valence-corrected chi connectivity index (χ3v) is 4.70. The normalized spacial score (nSPS) is 15.5. The Bertz CT molecular complexity index is 400. The maximum absolute atomic E-state index is 11.7. The Kier molecular flexibility index (Phi) is 10.4. The molecule has 0 bridgehead atoms. The van der Waals surface area contributed by atoms with Gasteiger partial charge in [0, 0.05) is 6.42 Å². The van der Waals surface area contributed by atoms with Crippen molar-refractivity contribution in [3.63, 3.8) is 0 Å². The van der Waals surface area contributed by atoms with Crippen LogP contribution in [0.25, 0.3) is 0 Å². The first-order valence-electron chi connectivity index (χ1n) is 9.80. The van der Waals surface area contributed by atoms with Crippen LogP contribution >= 0.6 is 0 Å². The standard InChI is InChI=1S/C20H35NO3/c1-2-3-4-5-6-7-8-9-10-11-12-13-14-15-18(22)21-20(16-17-20)19(23)24/h7-8H,2-6,9-17H2,1H3,(H,21,22)(H,23,24)/b8-7-. The van der Waals surface area contributed by atoms with Crippen molar-refractivity contribution < 1.29 is 14.7 Å². The summed E-state index contributed by atoms with van der Waals surface area (Å²) >= 11 is 0. The predicted octanol–water partition coefficient (Wildman–Crippen LogP) is 4.98. The zero-order chi connectivity index (χ0) is 17.7. The van der Waals surface area contributed by atoms with Gasteiger partial charge in [-0.3, -0.25) is 4.79 Å². The summed E-state index contributed by atoms with van der Waals surface area (Å²) in [6.07, 6.45) is 19.4. The van der Waals surface area contributed by atoms with Gasteiger partial charge in [-0.25, -0.2) is 4.79 Å². The summed E-state index contributed by atoms with van der Waals surface area (Å²) in [6.45, 7) is 2.24. The van der Waals surface area contributed by atoms with Crippen LogP contribution in [0.3, 0.4) is 0 Å². The molecular formula is C20H35NO3. The van der Waals surface area contributed by atoms with Crippen LogP contribution in [0.4, 0.5) is 0 Å². The van der Waals surface area contributed by atoms with E-state index in [2.05, 4.69) is 24.4 Å². The van der Waals surface area contributed by atoms with Crippen molar-refractivity contribution in [1.82, 2.24) is 5.32 Å². The highest BCUT2D eigenvalue weighted by atomic mass is 16.4. The first kappa shape index (κ1) is 20.7. The van der Waals surface area contributed by atoms with Crippen molar-refractivity contribution in [2.45, 2.75) is 102 Å². The number of allylic oxidation sites excluding steroid dienone is 2. The summed E-state index contributed by atoms with van der Waals surface area (Å²) < 4.78 is 0. The smallest absolute Gasteiger partial charge is 0.329 e. The van der Waals surface area contributed by atoms with Crippen LogP contribution in [0.15, 0.2) is 12.2 Å². The molecule has 1 aliphatic rings. The SMILES string of the molecule is CCCCCC/C=C\CCCCCCCC(=O)NC1(C(=O)O)CC1. The van der Waals surface area contributed by atoms with Crippen LogP contribution in [-0.4, -0.2) is 22.5 Å². The van der Waals surface area contributed by atoms with Gasteiger partial charge in [-0.2, -0.15) is 0 Å². The molecule has 0 spiro atoms. The van der Waals surface area contributed by atoms with Gasteiger partial charge in [0.1, 0.15) is 5.54 Å². The number of hydrogen-bond acceptors (Lipinski definition) is 2. The average Bonchev–Trinajstić information content (AvgIpc) is 3.32. The first-order chi connectivity index (χ1) is 11.6. The molecular weight excluding hydrogens is 302 g/mol. The van der Waals surface area contributed by atoms with Crippen LogP contribution in [0, 0.1) is 0 Å². The minimum absolute atomic E-state index is 0.110. The van der Waals surface area contributed by atoms with Crippen molar-refractivity contribution >= 4 is 11.9 Å². The lowest BCUT2D eigenvalue weighted by Crippen LogP contribution is -2.42. The number of rotatable bonds is 15. The van der Waals surface area contributed by atoms with E-state index in [-0.39, 0.29) is 5.91 Å². The van der Waals surface area contributed by atoms with Gasteiger partial charge in [0.15, 0.2) is 0 Å². The monoisotopic (exact) mass is 337 g/mol. The van der Waals surface area contributed by atoms with Crippen molar-refractivity contribution in [2.24, 2.45) is 0 Å². The quantitative estimate of drug-likeness (QED) is 0.327. The second-order valence-electron chi connectivity index (χ2n) is 7.06. The Hall–Kier alpha value is -1.32. The number of carbonyl (C=O) groups is 2. The van der Waals surface area contributed by atoms with E-state index >= 15 is 0 Å². The van der Waals surface area contributed by atoms with Gasteiger partial charge in [0.05, 0.1) is 0 Å². The van der Waals surface area contributed by atoms with Crippen molar-refractivity contribution in [3.8, 4) is 0 Å². The average molecular weight is 338 g/mol. The van der Waals surface area contributed by atoms with E-state index in [1.807, 2.05) is 0 Å². The summed E-state index contributed by atoms with van der Waals surface area (Å²) in [5.41, 5.74) is -0.931. The lowest BCUT2D eigenvalue weighted by molar-refractivity contribution is -0.143. The zero-order valence-electron chi connectivity index (χ0n) is 15.3. The maximum atomic E-state index is 11.7. The molecule has 1 fully saturated rings. The van der Waals surface area contributed by atoms with Gasteiger partial charge < -0.3 is 10.4 Å². The van der Waals surface area contributed by atoms with E-state index in [0.29, 0.717) is 19.3 Å². The highest BCUT2D eigenvalue weighted by Crippen LogP contribution is 2.35. The van der Waals surface area contributed by atoms with Crippen LogP contribution in [0.5, 0.6) is 0 Å². The van der Waals surface area contributed by atoms with Gasteiger partial charge >= 0.3 is 5.97 Å². The molecule has 24 heavy (non-hydrogen) atoms. The van der Waals surface area contributed by atoms with Gasteiger partial charge in [-0.1, -0.05) is 57.6 Å². The fraction of sp³-hybridized carbons (Fsp3) is 0.800. The molecule has 1 rings (SSSR count). The van der Waals surface area contributed by atoms with E-state index < -0.39 is 11.5 Å². The van der Waals surface area contributed by atoms with Crippen molar-refractivity contribution in [3.05, 3.63) is 12.2 Å². The molecule has 0 heterocycles.